The smallest absolute Gasteiger partial charge is 0.157 e. The third-order valence-electron chi connectivity index (χ3n) is 4.73. The van der Waals surface area contributed by atoms with Gasteiger partial charge in [-0.2, -0.15) is 5.10 Å². The third-order valence-corrected chi connectivity index (χ3v) is 6.00. The van der Waals surface area contributed by atoms with Gasteiger partial charge in [0.25, 0.3) is 0 Å². The van der Waals surface area contributed by atoms with E-state index in [9.17, 15) is 0 Å². The predicted octanol–water partition coefficient (Wildman–Crippen LogP) is 5.41. The molecule has 148 valence electrons. The molecular weight excluding hydrogens is 416 g/mol. The molecule has 0 aliphatic rings. The number of fused-ring (bicyclic) bond motifs is 1. The van der Waals surface area contributed by atoms with E-state index >= 15 is 0 Å². The van der Waals surface area contributed by atoms with E-state index in [-0.39, 0.29) is 0 Å². The molecule has 0 amide bonds. The van der Waals surface area contributed by atoms with Crippen LogP contribution >= 0.6 is 23.4 Å². The zero-order chi connectivity index (χ0) is 20.7. The van der Waals surface area contributed by atoms with Crippen molar-refractivity contribution in [2.45, 2.75) is 9.92 Å². The summed E-state index contributed by atoms with van der Waals surface area (Å²) in [6.07, 6.45) is 5.75. The number of nitrogens with one attached hydrogen (secondary N) is 1. The van der Waals surface area contributed by atoms with Crippen LogP contribution in [0.1, 0.15) is 0 Å². The molecule has 3 aromatic heterocycles. The van der Waals surface area contributed by atoms with Gasteiger partial charge in [0.15, 0.2) is 5.82 Å². The van der Waals surface area contributed by atoms with Gasteiger partial charge in [0.05, 0.1) is 28.1 Å². The summed E-state index contributed by atoms with van der Waals surface area (Å²) >= 11 is 7.99. The topological polar surface area (TPSA) is 85.4 Å². The van der Waals surface area contributed by atoms with Crippen molar-refractivity contribution in [3.63, 3.8) is 0 Å². The van der Waals surface area contributed by atoms with Crippen LogP contribution in [0.2, 0.25) is 5.02 Å². The minimum Gasteiger partial charge on any atom is -0.381 e. The van der Waals surface area contributed by atoms with E-state index in [2.05, 4.69) is 10.2 Å². The van der Waals surface area contributed by atoms with Gasteiger partial charge in [-0.05, 0) is 18.2 Å². The monoisotopic (exact) mass is 432 g/mol. The Bertz CT molecular complexity index is 1360. The number of nitrogens with zero attached hydrogens (tertiary/aromatic N) is 4. The molecule has 5 aromatic rings. The van der Waals surface area contributed by atoms with Crippen molar-refractivity contribution in [2.24, 2.45) is 7.05 Å². The Morgan fingerprint density at radius 1 is 1.03 bits per heavy atom. The van der Waals surface area contributed by atoms with Gasteiger partial charge >= 0.3 is 0 Å². The van der Waals surface area contributed by atoms with Crippen LogP contribution in [0.15, 0.2) is 77.0 Å². The molecule has 0 spiro atoms. The number of benzene rings is 2. The van der Waals surface area contributed by atoms with Crippen molar-refractivity contribution in [2.75, 3.05) is 5.73 Å². The first-order valence-corrected chi connectivity index (χ1v) is 10.4. The number of hydrogen-bond acceptors (Lipinski definition) is 5. The Kier molecular flexibility index (Phi) is 4.69. The molecule has 0 atom stereocenters. The van der Waals surface area contributed by atoms with Crippen LogP contribution < -0.4 is 5.73 Å². The first-order valence-electron chi connectivity index (χ1n) is 9.24. The van der Waals surface area contributed by atoms with Crippen LogP contribution in [-0.2, 0) is 7.05 Å². The number of aromatic amines is 1. The molecule has 5 rings (SSSR count). The summed E-state index contributed by atoms with van der Waals surface area (Å²) < 4.78 is 1.98. The van der Waals surface area contributed by atoms with Gasteiger partial charge in [-0.25, -0.2) is 9.97 Å². The summed E-state index contributed by atoms with van der Waals surface area (Å²) in [5.41, 5.74) is 10.3. The largest absolute Gasteiger partial charge is 0.381 e. The van der Waals surface area contributed by atoms with Crippen LogP contribution in [0.3, 0.4) is 0 Å². The van der Waals surface area contributed by atoms with Gasteiger partial charge in [-0.1, -0.05) is 53.7 Å². The summed E-state index contributed by atoms with van der Waals surface area (Å²) in [7, 11) is 1.98. The van der Waals surface area contributed by atoms with Gasteiger partial charge in [-0.3, -0.25) is 5.10 Å². The number of nitrogens with two attached hydrogens (primary N) is 1. The van der Waals surface area contributed by atoms with Gasteiger partial charge < -0.3 is 10.3 Å². The Morgan fingerprint density at radius 2 is 1.83 bits per heavy atom. The number of hydrogen-bond donors (Lipinski definition) is 2. The van der Waals surface area contributed by atoms with E-state index in [1.54, 1.807) is 6.20 Å². The number of aryl methyl sites for hydroxylation is 1. The maximum atomic E-state index is 6.50. The molecule has 2 aromatic carbocycles. The fourth-order valence-electron chi connectivity index (χ4n) is 3.31. The molecule has 0 aliphatic carbocycles. The predicted molar refractivity (Wildman–Crippen MR) is 122 cm³/mol. The second-order valence-corrected chi connectivity index (χ2v) is 8.35. The third kappa shape index (κ3) is 3.42. The van der Waals surface area contributed by atoms with Crippen molar-refractivity contribution in [3.8, 4) is 22.5 Å². The van der Waals surface area contributed by atoms with Crippen LogP contribution in [-0.4, -0.2) is 24.7 Å². The van der Waals surface area contributed by atoms with E-state index in [0.717, 1.165) is 32.6 Å². The van der Waals surface area contributed by atoms with Crippen LogP contribution in [0.4, 0.5) is 5.82 Å². The molecule has 30 heavy (non-hydrogen) atoms. The van der Waals surface area contributed by atoms with E-state index < -0.39 is 0 Å². The molecule has 6 nitrogen and oxygen atoms in total. The average Bonchev–Trinajstić information content (AvgIpc) is 3.39. The lowest BCUT2D eigenvalue weighted by molar-refractivity contribution is 0.920. The standard InChI is InChI=1S/C22H17ClN6S/c1-29-8-7-16(12-29)30-22-21(24)26-19(13-5-3-2-4-6-13)20(27-22)14-9-15-11-25-28-18(15)17(23)10-14/h2-12H,1H3,(H2,24,26)(H,25,28). The fraction of sp³-hybridized carbons (Fsp3) is 0.0455. The minimum atomic E-state index is 0.391. The van der Waals surface area contributed by atoms with Crippen LogP contribution in [0.5, 0.6) is 0 Å². The Balaban J connectivity index is 1.71. The van der Waals surface area contributed by atoms with Crippen molar-refractivity contribution < 1.29 is 0 Å². The molecule has 0 bridgehead atoms. The Morgan fingerprint density at radius 3 is 2.60 bits per heavy atom. The first-order chi connectivity index (χ1) is 14.6. The Hall–Kier alpha value is -3.29. The molecule has 0 fully saturated rings. The van der Waals surface area contributed by atoms with Crippen molar-refractivity contribution in [1.29, 1.82) is 0 Å². The highest BCUT2D eigenvalue weighted by Crippen LogP contribution is 2.38. The number of anilines is 1. The first kappa shape index (κ1) is 18.7. The van der Waals surface area contributed by atoms with Gasteiger partial charge in [0, 0.05) is 40.8 Å². The highest BCUT2D eigenvalue weighted by atomic mass is 35.5. The normalized spacial score (nSPS) is 11.3. The zero-order valence-electron chi connectivity index (χ0n) is 16.0. The number of rotatable bonds is 4. The summed E-state index contributed by atoms with van der Waals surface area (Å²) in [6.45, 7) is 0. The highest BCUT2D eigenvalue weighted by molar-refractivity contribution is 7.99. The summed E-state index contributed by atoms with van der Waals surface area (Å²) in [5, 5.41) is 9.16. The molecule has 3 N–H and O–H groups in total. The minimum absolute atomic E-state index is 0.391. The fourth-order valence-corrected chi connectivity index (χ4v) is 4.43. The van der Waals surface area contributed by atoms with E-state index in [1.165, 1.54) is 11.8 Å². The number of halogens is 1. The van der Waals surface area contributed by atoms with Gasteiger partial charge in [0.1, 0.15) is 5.03 Å². The lowest BCUT2D eigenvalue weighted by atomic mass is 10.0. The number of H-pyrrole nitrogens is 1. The molecule has 0 saturated carbocycles. The number of nitrogen functional groups attached to an aromatic ring is 1. The van der Waals surface area contributed by atoms with Gasteiger partial charge in [0.2, 0.25) is 0 Å². The zero-order valence-corrected chi connectivity index (χ0v) is 17.6. The summed E-state index contributed by atoms with van der Waals surface area (Å²) in [5.74, 6) is 0.391. The Labute approximate surface area is 182 Å². The molecule has 0 aliphatic heterocycles. The van der Waals surface area contributed by atoms with Crippen molar-refractivity contribution in [1.82, 2.24) is 24.7 Å². The maximum Gasteiger partial charge on any atom is 0.157 e. The van der Waals surface area contributed by atoms with E-state index in [0.29, 0.717) is 21.6 Å². The van der Waals surface area contributed by atoms with E-state index in [4.69, 9.17) is 27.3 Å². The molecule has 0 saturated heterocycles. The van der Waals surface area contributed by atoms with Crippen molar-refractivity contribution >= 4 is 40.1 Å². The second-order valence-electron chi connectivity index (χ2n) is 6.88. The molecule has 8 heteroatoms. The summed E-state index contributed by atoms with van der Waals surface area (Å²) in [4.78, 5) is 10.7. The summed E-state index contributed by atoms with van der Waals surface area (Å²) in [6, 6.07) is 15.8. The number of aromatic nitrogens is 5. The van der Waals surface area contributed by atoms with Crippen LogP contribution in [0, 0.1) is 0 Å². The lowest BCUT2D eigenvalue weighted by Gasteiger charge is -2.13. The second kappa shape index (κ2) is 7.51. The van der Waals surface area contributed by atoms with E-state index in [1.807, 2.05) is 72.5 Å². The molecule has 0 unspecified atom stereocenters. The quantitative estimate of drug-likeness (QED) is 0.396. The highest BCUT2D eigenvalue weighted by Gasteiger charge is 2.18. The molecule has 3 heterocycles. The van der Waals surface area contributed by atoms with Crippen molar-refractivity contribution in [3.05, 3.63) is 72.1 Å². The lowest BCUT2D eigenvalue weighted by Crippen LogP contribution is -2.02. The molecule has 0 radical (unpaired) electrons. The maximum absolute atomic E-state index is 6.50. The van der Waals surface area contributed by atoms with Gasteiger partial charge in [-0.15, -0.1) is 0 Å². The van der Waals surface area contributed by atoms with Crippen LogP contribution in [0.25, 0.3) is 33.4 Å². The molecular formula is C22H17ClN6S. The average molecular weight is 433 g/mol. The SMILES string of the molecule is Cn1ccc(Sc2nc(-c3cc(Cl)c4[nH]ncc4c3)c(-c3ccccc3)nc2N)c1.